The molecule has 0 aliphatic carbocycles. The van der Waals surface area contributed by atoms with Gasteiger partial charge < -0.3 is 19.5 Å². The van der Waals surface area contributed by atoms with Crippen molar-refractivity contribution in [1.29, 1.82) is 0 Å². The van der Waals surface area contributed by atoms with Crippen molar-refractivity contribution >= 4 is 29.2 Å². The Balaban J connectivity index is 1.33. The van der Waals surface area contributed by atoms with E-state index in [1.54, 1.807) is 17.8 Å². The predicted molar refractivity (Wildman–Crippen MR) is 111 cm³/mol. The SMILES string of the molecule is O=C(Nc1cccc(-c2cn3c(n2)SCC3)c1)c1cc(N2CCOCC2)ncn1. The first-order chi connectivity index (χ1) is 14.3. The van der Waals surface area contributed by atoms with Crippen LogP contribution >= 0.6 is 11.8 Å². The number of aromatic nitrogens is 4. The molecule has 2 aromatic heterocycles. The summed E-state index contributed by atoms with van der Waals surface area (Å²) >= 11 is 1.76. The smallest absolute Gasteiger partial charge is 0.274 e. The number of thioether (sulfide) groups is 1. The van der Waals surface area contributed by atoms with Gasteiger partial charge in [0.15, 0.2) is 5.16 Å². The molecule has 2 aliphatic rings. The number of nitrogens with one attached hydrogen (secondary N) is 1. The number of amides is 1. The van der Waals surface area contributed by atoms with Gasteiger partial charge in [0.2, 0.25) is 0 Å². The lowest BCUT2D eigenvalue weighted by molar-refractivity contribution is 0.102. The Hall–Kier alpha value is -2.91. The number of ether oxygens (including phenoxy) is 1. The number of nitrogens with zero attached hydrogens (tertiary/aromatic N) is 5. The van der Waals surface area contributed by atoms with Crippen molar-refractivity contribution in [2.24, 2.45) is 0 Å². The maximum Gasteiger partial charge on any atom is 0.274 e. The molecular formula is C20H20N6O2S. The van der Waals surface area contributed by atoms with E-state index >= 15 is 0 Å². The number of aryl methyl sites for hydroxylation is 1. The third-order valence-corrected chi connectivity index (χ3v) is 5.91. The summed E-state index contributed by atoms with van der Waals surface area (Å²) in [7, 11) is 0. The van der Waals surface area contributed by atoms with Crippen molar-refractivity contribution in [3.8, 4) is 11.3 Å². The zero-order valence-electron chi connectivity index (χ0n) is 15.7. The van der Waals surface area contributed by atoms with Crippen LogP contribution in [0.4, 0.5) is 11.5 Å². The molecule has 1 amide bonds. The number of imidazole rings is 1. The van der Waals surface area contributed by atoms with Gasteiger partial charge in [-0.05, 0) is 12.1 Å². The van der Waals surface area contributed by atoms with Crippen molar-refractivity contribution in [3.05, 3.63) is 48.5 Å². The van der Waals surface area contributed by atoms with Gasteiger partial charge in [-0.2, -0.15) is 0 Å². The van der Waals surface area contributed by atoms with Crippen LogP contribution in [-0.2, 0) is 11.3 Å². The molecule has 0 radical (unpaired) electrons. The van der Waals surface area contributed by atoms with Gasteiger partial charge in [0.25, 0.3) is 5.91 Å². The minimum Gasteiger partial charge on any atom is -0.378 e. The van der Waals surface area contributed by atoms with E-state index in [0.29, 0.717) is 24.6 Å². The van der Waals surface area contributed by atoms with Crippen LogP contribution in [0.25, 0.3) is 11.3 Å². The Morgan fingerprint density at radius 2 is 2.03 bits per heavy atom. The maximum absolute atomic E-state index is 12.7. The number of benzene rings is 1. The lowest BCUT2D eigenvalue weighted by Crippen LogP contribution is -2.37. The molecule has 0 bridgehead atoms. The van der Waals surface area contributed by atoms with Crippen molar-refractivity contribution < 1.29 is 9.53 Å². The lowest BCUT2D eigenvalue weighted by atomic mass is 10.1. The van der Waals surface area contributed by atoms with Crippen molar-refractivity contribution in [1.82, 2.24) is 19.5 Å². The summed E-state index contributed by atoms with van der Waals surface area (Å²) in [6.45, 7) is 3.82. The van der Waals surface area contributed by atoms with E-state index in [9.17, 15) is 4.79 Å². The van der Waals surface area contributed by atoms with Gasteiger partial charge in [0.1, 0.15) is 17.8 Å². The van der Waals surface area contributed by atoms with Gasteiger partial charge in [0.05, 0.1) is 18.9 Å². The van der Waals surface area contributed by atoms with E-state index in [1.165, 1.54) is 6.33 Å². The highest BCUT2D eigenvalue weighted by Crippen LogP contribution is 2.30. The molecular weight excluding hydrogens is 388 g/mol. The van der Waals surface area contributed by atoms with Crippen molar-refractivity contribution in [2.75, 3.05) is 42.3 Å². The summed E-state index contributed by atoms with van der Waals surface area (Å²) in [5.41, 5.74) is 2.94. The van der Waals surface area contributed by atoms with E-state index < -0.39 is 0 Å². The maximum atomic E-state index is 12.7. The molecule has 0 unspecified atom stereocenters. The first-order valence-electron chi connectivity index (χ1n) is 9.53. The number of hydrogen-bond acceptors (Lipinski definition) is 7. The molecule has 0 atom stereocenters. The highest BCUT2D eigenvalue weighted by atomic mass is 32.2. The fourth-order valence-electron chi connectivity index (χ4n) is 3.44. The first kappa shape index (κ1) is 18.1. The number of fused-ring (bicyclic) bond motifs is 1. The Morgan fingerprint density at radius 1 is 1.14 bits per heavy atom. The van der Waals surface area contributed by atoms with Crippen LogP contribution in [0, 0.1) is 0 Å². The monoisotopic (exact) mass is 408 g/mol. The second kappa shape index (κ2) is 7.84. The molecule has 5 rings (SSSR count). The Bertz CT molecular complexity index is 1030. The Kier molecular flexibility index (Phi) is 4.91. The topological polar surface area (TPSA) is 85.2 Å². The molecule has 29 heavy (non-hydrogen) atoms. The van der Waals surface area contributed by atoms with Gasteiger partial charge in [0, 0.05) is 48.9 Å². The molecule has 1 aromatic carbocycles. The number of carbonyl (C=O) groups excluding carboxylic acids is 1. The van der Waals surface area contributed by atoms with E-state index in [2.05, 4.69) is 35.9 Å². The average molecular weight is 408 g/mol. The molecule has 8 nitrogen and oxygen atoms in total. The van der Waals surface area contributed by atoms with Crippen molar-refractivity contribution in [3.63, 3.8) is 0 Å². The second-order valence-electron chi connectivity index (χ2n) is 6.85. The quantitative estimate of drug-likeness (QED) is 0.710. The lowest BCUT2D eigenvalue weighted by Gasteiger charge is -2.27. The Labute approximate surface area is 172 Å². The van der Waals surface area contributed by atoms with Crippen LogP contribution in [0.3, 0.4) is 0 Å². The fourth-order valence-corrected chi connectivity index (χ4v) is 4.38. The molecule has 3 aromatic rings. The number of anilines is 2. The number of rotatable bonds is 4. The second-order valence-corrected chi connectivity index (χ2v) is 7.91. The highest BCUT2D eigenvalue weighted by molar-refractivity contribution is 7.99. The van der Waals surface area contributed by atoms with Crippen LogP contribution in [0.1, 0.15) is 10.5 Å². The van der Waals surface area contributed by atoms with Crippen LogP contribution in [0.5, 0.6) is 0 Å². The molecule has 4 heterocycles. The molecule has 0 spiro atoms. The van der Waals surface area contributed by atoms with E-state index in [-0.39, 0.29) is 5.91 Å². The van der Waals surface area contributed by atoms with Crippen LogP contribution < -0.4 is 10.2 Å². The summed E-state index contributed by atoms with van der Waals surface area (Å²) in [4.78, 5) is 28.0. The van der Waals surface area contributed by atoms with Crippen LogP contribution in [0.2, 0.25) is 0 Å². The number of hydrogen-bond donors (Lipinski definition) is 1. The van der Waals surface area contributed by atoms with Gasteiger partial charge in [-0.15, -0.1) is 0 Å². The average Bonchev–Trinajstić information content (AvgIpc) is 3.37. The summed E-state index contributed by atoms with van der Waals surface area (Å²) in [5.74, 6) is 1.55. The molecule has 1 saturated heterocycles. The summed E-state index contributed by atoms with van der Waals surface area (Å²) in [6, 6.07) is 9.44. The highest BCUT2D eigenvalue weighted by Gasteiger charge is 2.17. The molecule has 1 N–H and O–H groups in total. The van der Waals surface area contributed by atoms with Crippen LogP contribution in [-0.4, -0.2) is 57.5 Å². The molecule has 0 saturated carbocycles. The third-order valence-electron chi connectivity index (χ3n) is 4.94. The van der Waals surface area contributed by atoms with Gasteiger partial charge in [-0.25, -0.2) is 15.0 Å². The predicted octanol–water partition coefficient (Wildman–Crippen LogP) is 2.53. The normalized spacial score (nSPS) is 15.9. The largest absolute Gasteiger partial charge is 0.378 e. The molecule has 9 heteroatoms. The third kappa shape index (κ3) is 3.83. The van der Waals surface area contributed by atoms with Crippen LogP contribution in [0.15, 0.2) is 48.0 Å². The summed E-state index contributed by atoms with van der Waals surface area (Å²) < 4.78 is 7.54. The summed E-state index contributed by atoms with van der Waals surface area (Å²) in [6.07, 6.45) is 3.50. The minimum absolute atomic E-state index is 0.262. The molecule has 148 valence electrons. The zero-order chi connectivity index (χ0) is 19.6. The number of carbonyl (C=O) groups is 1. The molecule has 1 fully saturated rings. The summed E-state index contributed by atoms with van der Waals surface area (Å²) in [5, 5.41) is 3.98. The first-order valence-corrected chi connectivity index (χ1v) is 10.5. The molecule has 2 aliphatic heterocycles. The fraction of sp³-hybridized carbons (Fsp3) is 0.300. The van der Waals surface area contributed by atoms with Gasteiger partial charge in [-0.1, -0.05) is 23.9 Å². The van der Waals surface area contributed by atoms with E-state index in [0.717, 1.165) is 47.6 Å². The van der Waals surface area contributed by atoms with E-state index in [4.69, 9.17) is 4.74 Å². The minimum atomic E-state index is -0.262. The van der Waals surface area contributed by atoms with Gasteiger partial charge in [-0.3, -0.25) is 4.79 Å². The number of morpholine rings is 1. The zero-order valence-corrected chi connectivity index (χ0v) is 16.6. The van der Waals surface area contributed by atoms with E-state index in [1.807, 2.05) is 24.3 Å². The Morgan fingerprint density at radius 3 is 2.90 bits per heavy atom. The van der Waals surface area contributed by atoms with Gasteiger partial charge >= 0.3 is 0 Å². The van der Waals surface area contributed by atoms with Crippen molar-refractivity contribution in [2.45, 2.75) is 11.7 Å². The standard InChI is InChI=1S/C20H20N6O2S/c27-19(16-11-18(22-13-21-16)25-4-7-28-8-5-25)23-15-3-1-2-14(10-15)17-12-26-6-9-29-20(26)24-17/h1-3,10-13H,4-9H2,(H,23,27).